The second kappa shape index (κ2) is 6.00. The molecule has 0 aromatic rings. The minimum absolute atomic E-state index is 0.219. The van der Waals surface area contributed by atoms with Gasteiger partial charge in [0.2, 0.25) is 0 Å². The third kappa shape index (κ3) is 2.29. The van der Waals surface area contributed by atoms with Crippen molar-refractivity contribution in [3.8, 4) is 0 Å². The molecule has 0 aromatic heterocycles. The summed E-state index contributed by atoms with van der Waals surface area (Å²) < 4.78 is 0. The SMILES string of the molecule is CCCCC1CCC2C3CCC4(O)CCCCC4(C)C3CCC12C. The molecular weight excluding hydrogens is 292 g/mol. The smallest absolute Gasteiger partial charge is 0.0703 e. The highest BCUT2D eigenvalue weighted by Gasteiger charge is 2.63. The number of fused-ring (bicyclic) bond motifs is 5. The van der Waals surface area contributed by atoms with Gasteiger partial charge in [-0.25, -0.2) is 0 Å². The molecule has 4 aliphatic carbocycles. The Labute approximate surface area is 150 Å². The van der Waals surface area contributed by atoms with Crippen LogP contribution in [0.2, 0.25) is 0 Å². The van der Waals surface area contributed by atoms with Gasteiger partial charge < -0.3 is 5.11 Å². The highest BCUT2D eigenvalue weighted by Crippen LogP contribution is 2.68. The van der Waals surface area contributed by atoms with Gasteiger partial charge in [0.05, 0.1) is 5.60 Å². The van der Waals surface area contributed by atoms with Crippen molar-refractivity contribution >= 4 is 0 Å². The van der Waals surface area contributed by atoms with Crippen molar-refractivity contribution in [3.05, 3.63) is 0 Å². The Morgan fingerprint density at radius 2 is 1.67 bits per heavy atom. The van der Waals surface area contributed by atoms with Crippen LogP contribution in [0.5, 0.6) is 0 Å². The van der Waals surface area contributed by atoms with E-state index in [9.17, 15) is 5.11 Å². The molecule has 1 heteroatoms. The zero-order valence-electron chi connectivity index (χ0n) is 16.4. The minimum Gasteiger partial charge on any atom is -0.389 e. The van der Waals surface area contributed by atoms with Crippen molar-refractivity contribution in [3.63, 3.8) is 0 Å². The molecule has 0 spiro atoms. The Kier molecular flexibility index (Phi) is 4.34. The first kappa shape index (κ1) is 17.4. The van der Waals surface area contributed by atoms with Crippen LogP contribution in [-0.2, 0) is 0 Å². The molecule has 138 valence electrons. The monoisotopic (exact) mass is 332 g/mol. The number of aliphatic hydroxyl groups is 1. The standard InChI is InChI=1S/C23H40O/c1-4-5-8-17-9-10-19-18-11-16-23(24)14-7-6-13-22(23,3)20(18)12-15-21(17,19)2/h17-20,24H,4-16H2,1-3H3. The van der Waals surface area contributed by atoms with E-state index in [4.69, 9.17) is 0 Å². The quantitative estimate of drug-likeness (QED) is 0.639. The van der Waals surface area contributed by atoms with E-state index in [-0.39, 0.29) is 11.0 Å². The summed E-state index contributed by atoms with van der Waals surface area (Å²) in [5.41, 5.74) is 0.508. The minimum atomic E-state index is -0.333. The first-order valence-corrected chi connectivity index (χ1v) is 11.2. The number of unbranched alkanes of at least 4 members (excludes halogenated alkanes) is 1. The van der Waals surface area contributed by atoms with Crippen LogP contribution in [-0.4, -0.2) is 10.7 Å². The van der Waals surface area contributed by atoms with Gasteiger partial charge in [-0.3, -0.25) is 0 Å². The van der Waals surface area contributed by atoms with Crippen molar-refractivity contribution in [2.75, 3.05) is 0 Å². The molecule has 0 aliphatic heterocycles. The molecule has 24 heavy (non-hydrogen) atoms. The zero-order valence-corrected chi connectivity index (χ0v) is 16.4. The van der Waals surface area contributed by atoms with Gasteiger partial charge in [-0.1, -0.05) is 46.5 Å². The van der Waals surface area contributed by atoms with E-state index in [1.807, 2.05) is 0 Å². The molecule has 0 aromatic carbocycles. The van der Waals surface area contributed by atoms with Gasteiger partial charge in [0, 0.05) is 0 Å². The maximum absolute atomic E-state index is 11.5. The van der Waals surface area contributed by atoms with Gasteiger partial charge in [0.15, 0.2) is 0 Å². The molecule has 0 saturated heterocycles. The Bertz CT molecular complexity index is 473. The summed E-state index contributed by atoms with van der Waals surface area (Å²) in [7, 11) is 0. The molecule has 1 N–H and O–H groups in total. The fraction of sp³-hybridized carbons (Fsp3) is 1.00. The Hall–Kier alpha value is -0.0400. The Balaban J connectivity index is 1.58. The van der Waals surface area contributed by atoms with Gasteiger partial charge >= 0.3 is 0 Å². The van der Waals surface area contributed by atoms with E-state index in [1.165, 1.54) is 70.6 Å². The van der Waals surface area contributed by atoms with Crippen LogP contribution in [0.15, 0.2) is 0 Å². The number of hydrogen-bond donors (Lipinski definition) is 1. The molecule has 0 radical (unpaired) electrons. The van der Waals surface area contributed by atoms with Gasteiger partial charge in [-0.15, -0.1) is 0 Å². The lowest BCUT2D eigenvalue weighted by Crippen LogP contribution is -2.61. The summed E-state index contributed by atoms with van der Waals surface area (Å²) in [6.07, 6.45) is 17.5. The molecule has 0 amide bonds. The predicted octanol–water partition coefficient (Wildman–Crippen LogP) is 6.34. The summed E-state index contributed by atoms with van der Waals surface area (Å²) in [5, 5.41) is 11.5. The van der Waals surface area contributed by atoms with Gasteiger partial charge in [-0.2, -0.15) is 0 Å². The van der Waals surface area contributed by atoms with E-state index < -0.39 is 0 Å². The number of hydrogen-bond acceptors (Lipinski definition) is 1. The predicted molar refractivity (Wildman–Crippen MR) is 101 cm³/mol. The van der Waals surface area contributed by atoms with E-state index in [1.54, 1.807) is 0 Å². The number of rotatable bonds is 3. The van der Waals surface area contributed by atoms with Crippen molar-refractivity contribution < 1.29 is 5.11 Å². The first-order chi connectivity index (χ1) is 11.4. The second-order valence-corrected chi connectivity index (χ2v) is 10.5. The average molecular weight is 333 g/mol. The Morgan fingerprint density at radius 3 is 2.46 bits per heavy atom. The van der Waals surface area contributed by atoms with Crippen molar-refractivity contribution in [1.29, 1.82) is 0 Å². The van der Waals surface area contributed by atoms with Gasteiger partial charge in [-0.05, 0) is 92.3 Å². The van der Waals surface area contributed by atoms with Crippen LogP contribution in [0.4, 0.5) is 0 Å². The van der Waals surface area contributed by atoms with Gasteiger partial charge in [0.25, 0.3) is 0 Å². The molecule has 4 saturated carbocycles. The second-order valence-electron chi connectivity index (χ2n) is 10.5. The van der Waals surface area contributed by atoms with Crippen molar-refractivity contribution in [2.24, 2.45) is 34.5 Å². The maximum Gasteiger partial charge on any atom is 0.0703 e. The van der Waals surface area contributed by atoms with Crippen LogP contribution in [0.1, 0.15) is 104 Å². The van der Waals surface area contributed by atoms with Crippen LogP contribution < -0.4 is 0 Å². The van der Waals surface area contributed by atoms with Crippen LogP contribution in [0.3, 0.4) is 0 Å². The summed E-state index contributed by atoms with van der Waals surface area (Å²) in [4.78, 5) is 0. The lowest BCUT2D eigenvalue weighted by molar-refractivity contribution is -0.204. The molecule has 7 unspecified atom stereocenters. The summed E-state index contributed by atoms with van der Waals surface area (Å²) in [5.74, 6) is 3.67. The zero-order chi connectivity index (χ0) is 17.0. The van der Waals surface area contributed by atoms with Crippen molar-refractivity contribution in [2.45, 2.75) is 110 Å². The van der Waals surface area contributed by atoms with E-state index in [2.05, 4.69) is 20.8 Å². The Morgan fingerprint density at radius 1 is 0.875 bits per heavy atom. The van der Waals surface area contributed by atoms with E-state index in [0.29, 0.717) is 5.41 Å². The average Bonchev–Trinajstić information content (AvgIpc) is 2.90. The topological polar surface area (TPSA) is 20.2 Å². The largest absolute Gasteiger partial charge is 0.389 e. The fourth-order valence-electron chi connectivity index (χ4n) is 8.29. The van der Waals surface area contributed by atoms with E-state index in [0.717, 1.165) is 36.5 Å². The molecule has 7 atom stereocenters. The van der Waals surface area contributed by atoms with Crippen LogP contribution >= 0.6 is 0 Å². The summed E-state index contributed by atoms with van der Waals surface area (Å²) in [6.45, 7) is 7.48. The molecular formula is C23H40O. The normalized spacial score (nSPS) is 54.0. The lowest BCUT2D eigenvalue weighted by Gasteiger charge is -2.63. The highest BCUT2D eigenvalue weighted by atomic mass is 16.3. The highest BCUT2D eigenvalue weighted by molar-refractivity contribution is 5.13. The molecule has 4 aliphatic rings. The third-order valence-corrected chi connectivity index (χ3v) is 9.85. The van der Waals surface area contributed by atoms with Crippen LogP contribution in [0, 0.1) is 34.5 Å². The maximum atomic E-state index is 11.5. The first-order valence-electron chi connectivity index (χ1n) is 11.2. The molecule has 4 fully saturated rings. The molecule has 0 heterocycles. The lowest BCUT2D eigenvalue weighted by atomic mass is 9.43. The molecule has 4 rings (SSSR count). The third-order valence-electron chi connectivity index (χ3n) is 9.85. The van der Waals surface area contributed by atoms with Gasteiger partial charge in [0.1, 0.15) is 0 Å². The van der Waals surface area contributed by atoms with Crippen LogP contribution in [0.25, 0.3) is 0 Å². The molecule has 0 bridgehead atoms. The summed E-state index contributed by atoms with van der Waals surface area (Å²) in [6, 6.07) is 0. The van der Waals surface area contributed by atoms with E-state index >= 15 is 0 Å². The van der Waals surface area contributed by atoms with Crippen molar-refractivity contribution in [1.82, 2.24) is 0 Å². The fourth-order valence-corrected chi connectivity index (χ4v) is 8.29. The summed E-state index contributed by atoms with van der Waals surface area (Å²) >= 11 is 0. The molecule has 1 nitrogen and oxygen atoms in total.